The molecule has 0 radical (unpaired) electrons. The number of nitrogens with one attached hydrogen (secondary N) is 1. The summed E-state index contributed by atoms with van der Waals surface area (Å²) in [5.41, 5.74) is 3.44. The molecular weight excluding hydrogens is 386 g/mol. The van der Waals surface area contributed by atoms with Crippen molar-refractivity contribution in [1.29, 1.82) is 0 Å². The minimum Gasteiger partial charge on any atom is -0.411 e. The van der Waals surface area contributed by atoms with Gasteiger partial charge in [-0.1, -0.05) is 62.9 Å². The Morgan fingerprint density at radius 3 is 2.38 bits per heavy atom. The van der Waals surface area contributed by atoms with Crippen molar-refractivity contribution in [2.45, 2.75) is 38.3 Å². The van der Waals surface area contributed by atoms with Gasteiger partial charge in [0.15, 0.2) is 0 Å². The van der Waals surface area contributed by atoms with E-state index in [-0.39, 0.29) is 16.4 Å². The average Bonchev–Trinajstić information content (AvgIpc) is 3.15. The summed E-state index contributed by atoms with van der Waals surface area (Å²) in [4.78, 5) is 24.4. The van der Waals surface area contributed by atoms with Gasteiger partial charge in [0.05, 0.1) is 5.75 Å². The molecule has 0 fully saturated rings. The summed E-state index contributed by atoms with van der Waals surface area (Å²) < 4.78 is 5.61. The van der Waals surface area contributed by atoms with E-state index in [0.717, 1.165) is 28.5 Å². The van der Waals surface area contributed by atoms with Gasteiger partial charge in [-0.15, -0.1) is 10.2 Å². The number of aryl methyl sites for hydroxylation is 1. The van der Waals surface area contributed by atoms with E-state index < -0.39 is 11.8 Å². The highest BCUT2D eigenvalue weighted by molar-refractivity contribution is 7.99. The van der Waals surface area contributed by atoms with Gasteiger partial charge in [-0.2, -0.15) is 0 Å². The molecule has 0 aliphatic carbocycles. The monoisotopic (exact) mass is 409 g/mol. The second-order valence-corrected chi connectivity index (χ2v) is 8.61. The highest BCUT2D eigenvalue weighted by Gasteiger charge is 2.17. The van der Waals surface area contributed by atoms with E-state index in [1.807, 2.05) is 43.3 Å². The van der Waals surface area contributed by atoms with Gasteiger partial charge in [0.25, 0.3) is 11.1 Å². The molecule has 3 aromatic rings. The Morgan fingerprint density at radius 1 is 1.03 bits per heavy atom. The summed E-state index contributed by atoms with van der Waals surface area (Å²) in [6.07, 6.45) is 0. The molecule has 1 N–H and O–H groups in total. The van der Waals surface area contributed by atoms with E-state index in [0.29, 0.717) is 11.5 Å². The maximum absolute atomic E-state index is 12.3. The number of carbonyl (C=O) groups excluding carboxylic acids is 2. The molecule has 0 aliphatic rings. The number of carbonyl (C=O) groups is 2. The number of hydrogen-bond acceptors (Lipinski definition) is 6. The third kappa shape index (κ3) is 5.32. The molecule has 1 heterocycles. The van der Waals surface area contributed by atoms with Gasteiger partial charge >= 0.3 is 0 Å². The fourth-order valence-corrected chi connectivity index (χ4v) is 3.24. The van der Waals surface area contributed by atoms with Crippen molar-refractivity contribution in [1.82, 2.24) is 15.5 Å². The zero-order chi connectivity index (χ0) is 21.0. The van der Waals surface area contributed by atoms with Gasteiger partial charge in [-0.25, -0.2) is 0 Å². The SMILES string of the molecule is Cc1ccccc1-c1nnc(SCC(=O)NC(=O)c2ccc(C(C)(C)C)cc2)o1. The predicted octanol–water partition coefficient (Wildman–Crippen LogP) is 4.39. The van der Waals surface area contributed by atoms with Gasteiger partial charge in [0.2, 0.25) is 11.8 Å². The Hall–Kier alpha value is -2.93. The molecule has 3 rings (SSSR count). The molecule has 0 saturated heterocycles. The molecule has 2 amide bonds. The summed E-state index contributed by atoms with van der Waals surface area (Å²) in [6.45, 7) is 8.26. The van der Waals surface area contributed by atoms with E-state index in [1.165, 1.54) is 0 Å². The normalized spacial score (nSPS) is 11.3. The van der Waals surface area contributed by atoms with Crippen LogP contribution < -0.4 is 5.32 Å². The molecule has 0 spiro atoms. The van der Waals surface area contributed by atoms with E-state index in [2.05, 4.69) is 36.3 Å². The maximum atomic E-state index is 12.3. The Balaban J connectivity index is 1.55. The van der Waals surface area contributed by atoms with E-state index >= 15 is 0 Å². The van der Waals surface area contributed by atoms with E-state index in [4.69, 9.17) is 4.42 Å². The standard InChI is InChI=1S/C22H23N3O3S/c1-14-7-5-6-8-17(14)20-24-25-21(28-20)29-13-18(26)23-19(27)15-9-11-16(12-10-15)22(2,3)4/h5-12H,13H2,1-4H3,(H,23,26,27). The quantitative estimate of drug-likeness (QED) is 0.629. The lowest BCUT2D eigenvalue weighted by Crippen LogP contribution is -2.31. The number of benzene rings is 2. The van der Waals surface area contributed by atoms with Crippen molar-refractivity contribution >= 4 is 23.6 Å². The van der Waals surface area contributed by atoms with E-state index in [9.17, 15) is 9.59 Å². The first-order chi connectivity index (χ1) is 13.7. The molecule has 7 heteroatoms. The zero-order valence-electron chi connectivity index (χ0n) is 16.9. The minimum absolute atomic E-state index is 0.00121. The summed E-state index contributed by atoms with van der Waals surface area (Å²) in [7, 11) is 0. The molecule has 2 aromatic carbocycles. The topological polar surface area (TPSA) is 85.1 Å². The van der Waals surface area contributed by atoms with Crippen LogP contribution in [0.25, 0.3) is 11.5 Å². The summed E-state index contributed by atoms with van der Waals surface area (Å²) in [5, 5.41) is 10.6. The van der Waals surface area contributed by atoms with Crippen LogP contribution in [0.4, 0.5) is 0 Å². The maximum Gasteiger partial charge on any atom is 0.277 e. The van der Waals surface area contributed by atoms with Crippen molar-refractivity contribution in [3.8, 4) is 11.5 Å². The first-order valence-electron chi connectivity index (χ1n) is 9.21. The van der Waals surface area contributed by atoms with Crippen LogP contribution in [-0.2, 0) is 10.2 Å². The van der Waals surface area contributed by atoms with Crippen LogP contribution in [0.2, 0.25) is 0 Å². The van der Waals surface area contributed by atoms with Gasteiger partial charge in [-0.05, 0) is 41.7 Å². The number of nitrogens with zero attached hydrogens (tertiary/aromatic N) is 2. The number of amides is 2. The Morgan fingerprint density at radius 2 is 1.72 bits per heavy atom. The molecule has 0 bridgehead atoms. The first kappa shape index (κ1) is 20.8. The molecular formula is C22H23N3O3S. The third-order valence-electron chi connectivity index (χ3n) is 4.37. The van der Waals surface area contributed by atoms with Crippen molar-refractivity contribution < 1.29 is 14.0 Å². The lowest BCUT2D eigenvalue weighted by Gasteiger charge is -2.18. The van der Waals surface area contributed by atoms with Crippen molar-refractivity contribution in [3.05, 3.63) is 65.2 Å². The zero-order valence-corrected chi connectivity index (χ0v) is 17.7. The number of rotatable bonds is 5. The summed E-state index contributed by atoms with van der Waals surface area (Å²) in [6, 6.07) is 14.9. The number of hydrogen-bond donors (Lipinski definition) is 1. The van der Waals surface area contributed by atoms with Gasteiger partial charge in [0.1, 0.15) is 0 Å². The van der Waals surface area contributed by atoms with Gasteiger partial charge in [-0.3, -0.25) is 14.9 Å². The van der Waals surface area contributed by atoms with Crippen molar-refractivity contribution in [2.75, 3.05) is 5.75 Å². The Labute approximate surface area is 174 Å². The summed E-state index contributed by atoms with van der Waals surface area (Å²) in [5.74, 6) is -0.444. The van der Waals surface area contributed by atoms with E-state index in [1.54, 1.807) is 12.1 Å². The van der Waals surface area contributed by atoms with Crippen molar-refractivity contribution in [2.24, 2.45) is 0 Å². The largest absolute Gasteiger partial charge is 0.411 e. The molecule has 29 heavy (non-hydrogen) atoms. The Kier molecular flexibility index (Phi) is 6.17. The van der Waals surface area contributed by atoms with Crippen LogP contribution in [0.3, 0.4) is 0 Å². The number of imide groups is 1. The van der Waals surface area contributed by atoms with Crippen LogP contribution in [0.1, 0.15) is 42.3 Å². The molecule has 6 nitrogen and oxygen atoms in total. The molecule has 1 aromatic heterocycles. The van der Waals surface area contributed by atoms with Crippen LogP contribution in [0.15, 0.2) is 58.2 Å². The highest BCUT2D eigenvalue weighted by Crippen LogP contribution is 2.25. The smallest absolute Gasteiger partial charge is 0.277 e. The average molecular weight is 410 g/mol. The lowest BCUT2D eigenvalue weighted by molar-refractivity contribution is -0.117. The molecule has 150 valence electrons. The van der Waals surface area contributed by atoms with Crippen LogP contribution in [-0.4, -0.2) is 27.8 Å². The fraction of sp³-hybridized carbons (Fsp3) is 0.273. The van der Waals surface area contributed by atoms with Gasteiger partial charge in [0, 0.05) is 11.1 Å². The first-order valence-corrected chi connectivity index (χ1v) is 10.2. The molecule has 0 aliphatic heterocycles. The second kappa shape index (κ2) is 8.61. The van der Waals surface area contributed by atoms with Crippen molar-refractivity contribution in [3.63, 3.8) is 0 Å². The Bertz CT molecular complexity index is 1020. The van der Waals surface area contributed by atoms with Crippen LogP contribution in [0.5, 0.6) is 0 Å². The highest BCUT2D eigenvalue weighted by atomic mass is 32.2. The number of thioether (sulfide) groups is 1. The lowest BCUT2D eigenvalue weighted by atomic mass is 9.87. The molecule has 0 saturated carbocycles. The minimum atomic E-state index is -0.429. The van der Waals surface area contributed by atoms with Gasteiger partial charge < -0.3 is 4.42 Å². The second-order valence-electron chi connectivity index (χ2n) is 7.68. The third-order valence-corrected chi connectivity index (χ3v) is 5.19. The fourth-order valence-electron chi connectivity index (χ4n) is 2.67. The predicted molar refractivity (Wildman–Crippen MR) is 113 cm³/mol. The summed E-state index contributed by atoms with van der Waals surface area (Å²) >= 11 is 1.09. The molecule has 0 atom stereocenters. The molecule has 0 unspecified atom stereocenters. The van der Waals surface area contributed by atoms with Crippen LogP contribution >= 0.6 is 11.8 Å². The van der Waals surface area contributed by atoms with Crippen LogP contribution in [0, 0.1) is 6.92 Å². The number of aromatic nitrogens is 2.